The van der Waals surface area contributed by atoms with Gasteiger partial charge in [0.05, 0.1) is 41.1 Å². The lowest BCUT2D eigenvalue weighted by atomic mass is 10.1. The minimum atomic E-state index is -0.750. The molecule has 3 heterocycles. The number of benzene rings is 1. The molecule has 0 saturated heterocycles. The van der Waals surface area contributed by atoms with Gasteiger partial charge >= 0.3 is 5.97 Å². The molecule has 1 amide bonds. The maximum atomic E-state index is 13.0. The number of rotatable bonds is 7. The molecule has 0 aliphatic heterocycles. The molecule has 174 valence electrons. The summed E-state index contributed by atoms with van der Waals surface area (Å²) >= 11 is 7.19. The zero-order valence-corrected chi connectivity index (χ0v) is 19.6. The quantitative estimate of drug-likeness (QED) is 0.382. The number of esters is 1. The van der Waals surface area contributed by atoms with Crippen molar-refractivity contribution in [2.24, 2.45) is 0 Å². The Morgan fingerprint density at radius 3 is 2.59 bits per heavy atom. The van der Waals surface area contributed by atoms with Crippen LogP contribution in [0.5, 0.6) is 11.5 Å². The number of fused-ring (bicyclic) bond motifs is 1. The average Bonchev–Trinajstić information content (AvgIpc) is 3.38. The largest absolute Gasteiger partial charge is 0.493 e. The van der Waals surface area contributed by atoms with E-state index in [0.717, 1.165) is 0 Å². The van der Waals surface area contributed by atoms with Crippen LogP contribution in [0, 0.1) is 0 Å². The Kier molecular flexibility index (Phi) is 6.80. The van der Waals surface area contributed by atoms with Gasteiger partial charge in [0, 0.05) is 24.4 Å². The summed E-state index contributed by atoms with van der Waals surface area (Å²) in [6, 6.07) is 10.7. The first kappa shape index (κ1) is 23.3. The average molecular weight is 500 g/mol. The van der Waals surface area contributed by atoms with Crippen LogP contribution >= 0.6 is 22.9 Å². The second-order valence-electron chi connectivity index (χ2n) is 6.92. The molecule has 0 spiro atoms. The second kappa shape index (κ2) is 9.94. The van der Waals surface area contributed by atoms with Gasteiger partial charge in [0.15, 0.2) is 11.5 Å². The number of nitrogens with zero attached hydrogens (tertiary/aromatic N) is 2. The number of halogens is 1. The molecule has 34 heavy (non-hydrogen) atoms. The van der Waals surface area contributed by atoms with Crippen LogP contribution in [0.4, 0.5) is 5.69 Å². The van der Waals surface area contributed by atoms with Crippen molar-refractivity contribution in [3.05, 3.63) is 85.6 Å². The number of amides is 1. The summed E-state index contributed by atoms with van der Waals surface area (Å²) in [5.41, 5.74) is 0.478. The number of aromatic nitrogens is 2. The molecule has 0 aliphatic rings. The molecule has 0 atom stereocenters. The summed E-state index contributed by atoms with van der Waals surface area (Å²) in [5, 5.41) is 4.87. The number of hydrogen-bond acceptors (Lipinski definition) is 8. The lowest BCUT2D eigenvalue weighted by molar-refractivity contribution is 0.0468. The highest BCUT2D eigenvalue weighted by Crippen LogP contribution is 2.34. The van der Waals surface area contributed by atoms with E-state index < -0.39 is 5.97 Å². The summed E-state index contributed by atoms with van der Waals surface area (Å²) < 4.78 is 17.3. The molecule has 0 radical (unpaired) electrons. The maximum absolute atomic E-state index is 13.0. The highest BCUT2D eigenvalue weighted by molar-refractivity contribution is 7.12. The van der Waals surface area contributed by atoms with Crippen LogP contribution in [-0.4, -0.2) is 35.5 Å². The van der Waals surface area contributed by atoms with Crippen molar-refractivity contribution < 1.29 is 23.8 Å². The van der Waals surface area contributed by atoms with E-state index in [0.29, 0.717) is 21.3 Å². The first-order valence-corrected chi connectivity index (χ1v) is 11.1. The number of nitrogens with one attached hydrogen (secondary N) is 1. The van der Waals surface area contributed by atoms with Crippen LogP contribution in [0.1, 0.15) is 25.7 Å². The predicted molar refractivity (Wildman–Crippen MR) is 127 cm³/mol. The van der Waals surface area contributed by atoms with Crippen molar-refractivity contribution in [1.82, 2.24) is 9.38 Å². The van der Waals surface area contributed by atoms with Gasteiger partial charge in [-0.1, -0.05) is 17.7 Å². The predicted octanol–water partition coefficient (Wildman–Crippen LogP) is 4.04. The topological polar surface area (TPSA) is 108 Å². The van der Waals surface area contributed by atoms with E-state index >= 15 is 0 Å². The molecule has 0 fully saturated rings. The Bertz CT molecular complexity index is 1430. The highest BCUT2D eigenvalue weighted by Gasteiger charge is 2.21. The number of pyridine rings is 1. The van der Waals surface area contributed by atoms with E-state index in [1.807, 2.05) is 0 Å². The molecular weight excluding hydrogens is 482 g/mol. The smallest absolute Gasteiger partial charge is 0.340 e. The van der Waals surface area contributed by atoms with Crippen molar-refractivity contribution in [2.45, 2.75) is 6.61 Å². The fourth-order valence-electron chi connectivity index (χ4n) is 3.16. The van der Waals surface area contributed by atoms with Crippen molar-refractivity contribution in [3.8, 4) is 11.5 Å². The molecule has 3 aromatic heterocycles. The van der Waals surface area contributed by atoms with Gasteiger partial charge in [-0.15, -0.1) is 11.3 Å². The summed E-state index contributed by atoms with van der Waals surface area (Å²) in [6.45, 7) is -0.264. The van der Waals surface area contributed by atoms with Crippen LogP contribution in [0.2, 0.25) is 5.02 Å². The Morgan fingerprint density at radius 1 is 1.12 bits per heavy atom. The molecule has 0 unspecified atom stereocenters. The van der Waals surface area contributed by atoms with Crippen LogP contribution in [-0.2, 0) is 11.3 Å². The molecule has 0 saturated carbocycles. The highest BCUT2D eigenvalue weighted by atomic mass is 35.5. The minimum Gasteiger partial charge on any atom is -0.493 e. The monoisotopic (exact) mass is 499 g/mol. The lowest BCUT2D eigenvalue weighted by Crippen LogP contribution is -2.18. The standard InChI is InChI=1S/C23H18ClN3O6S/c1-31-17-9-15(16(10-18(17)32-2)26-22(29)19-4-3-7-34-19)23(30)33-12-14-8-21(28)27-11-13(24)5-6-20(27)25-14/h3-11H,12H2,1-2H3,(H,26,29). The SMILES string of the molecule is COc1cc(NC(=O)c2cccs2)c(C(=O)OCc2cc(=O)n3cc(Cl)ccc3n2)cc1OC. The molecule has 0 bridgehead atoms. The fourth-order valence-corrected chi connectivity index (χ4v) is 3.94. The van der Waals surface area contributed by atoms with E-state index in [1.165, 1.54) is 54.4 Å². The number of thiophene rings is 1. The molecular formula is C23H18ClN3O6S. The van der Waals surface area contributed by atoms with Gasteiger partial charge in [-0.25, -0.2) is 9.78 Å². The number of carbonyl (C=O) groups excluding carboxylic acids is 2. The minimum absolute atomic E-state index is 0.0480. The maximum Gasteiger partial charge on any atom is 0.340 e. The third-order valence-corrected chi connectivity index (χ3v) is 5.86. The van der Waals surface area contributed by atoms with Crippen LogP contribution in [0.15, 0.2) is 58.8 Å². The number of methoxy groups -OCH3 is 2. The van der Waals surface area contributed by atoms with Gasteiger partial charge in [-0.3, -0.25) is 14.0 Å². The molecule has 4 aromatic rings. The number of ether oxygens (including phenoxy) is 3. The Hall–Kier alpha value is -3.89. The van der Waals surface area contributed by atoms with Crippen molar-refractivity contribution >= 4 is 46.1 Å². The van der Waals surface area contributed by atoms with Crippen LogP contribution < -0.4 is 20.3 Å². The molecule has 0 aliphatic carbocycles. The van der Waals surface area contributed by atoms with E-state index in [2.05, 4.69) is 10.3 Å². The zero-order chi connectivity index (χ0) is 24.2. The summed E-state index contributed by atoms with van der Waals surface area (Å²) in [4.78, 5) is 42.7. The van der Waals surface area contributed by atoms with Gasteiger partial charge in [-0.2, -0.15) is 0 Å². The van der Waals surface area contributed by atoms with Gasteiger partial charge in [-0.05, 0) is 23.6 Å². The van der Waals surface area contributed by atoms with Gasteiger partial charge < -0.3 is 19.5 Å². The van der Waals surface area contributed by atoms with Gasteiger partial charge in [0.1, 0.15) is 12.3 Å². The summed E-state index contributed by atoms with van der Waals surface area (Å²) in [5.74, 6) is -0.536. The van der Waals surface area contributed by atoms with Crippen molar-refractivity contribution in [1.29, 1.82) is 0 Å². The van der Waals surface area contributed by atoms with Crippen molar-refractivity contribution in [2.75, 3.05) is 19.5 Å². The first-order valence-electron chi connectivity index (χ1n) is 9.85. The third kappa shape index (κ3) is 4.87. The summed E-state index contributed by atoms with van der Waals surface area (Å²) in [7, 11) is 2.87. The fraction of sp³-hybridized carbons (Fsp3) is 0.130. The zero-order valence-electron chi connectivity index (χ0n) is 18.0. The Labute approximate surface area is 202 Å². The molecule has 1 aromatic carbocycles. The Morgan fingerprint density at radius 2 is 1.88 bits per heavy atom. The number of anilines is 1. The van der Waals surface area contributed by atoms with Crippen molar-refractivity contribution in [3.63, 3.8) is 0 Å². The molecule has 1 N–H and O–H groups in total. The van der Waals surface area contributed by atoms with Crippen LogP contribution in [0.3, 0.4) is 0 Å². The van der Waals surface area contributed by atoms with E-state index in [9.17, 15) is 14.4 Å². The van der Waals surface area contributed by atoms with Gasteiger partial charge in [0.2, 0.25) is 0 Å². The third-order valence-electron chi connectivity index (χ3n) is 4.76. The lowest BCUT2D eigenvalue weighted by Gasteiger charge is -2.15. The molecule has 9 nitrogen and oxygen atoms in total. The molecule has 4 rings (SSSR count). The first-order chi connectivity index (χ1) is 16.4. The van der Waals surface area contributed by atoms with Crippen LogP contribution in [0.25, 0.3) is 5.65 Å². The summed E-state index contributed by atoms with van der Waals surface area (Å²) in [6.07, 6.45) is 1.45. The Balaban J connectivity index is 1.61. The molecule has 11 heteroatoms. The number of carbonyl (C=O) groups is 2. The number of hydrogen-bond donors (Lipinski definition) is 1. The van der Waals surface area contributed by atoms with E-state index in [4.69, 9.17) is 25.8 Å². The normalized spacial score (nSPS) is 10.7. The van der Waals surface area contributed by atoms with E-state index in [-0.39, 0.29) is 40.8 Å². The van der Waals surface area contributed by atoms with E-state index in [1.54, 1.807) is 29.6 Å². The van der Waals surface area contributed by atoms with Gasteiger partial charge in [0.25, 0.3) is 11.5 Å². The second-order valence-corrected chi connectivity index (χ2v) is 8.31.